The van der Waals surface area contributed by atoms with Crippen molar-refractivity contribution in [2.45, 2.75) is 6.61 Å². The van der Waals surface area contributed by atoms with Crippen LogP contribution in [-0.2, 0) is 6.61 Å². The molecule has 0 spiro atoms. The molecule has 4 rings (SSSR count). The summed E-state index contributed by atoms with van der Waals surface area (Å²) >= 11 is 0. The van der Waals surface area contributed by atoms with E-state index in [2.05, 4.69) is 40.5 Å². The molecule has 0 unspecified atom stereocenters. The van der Waals surface area contributed by atoms with Gasteiger partial charge in [0.05, 0.1) is 18.3 Å². The molecule has 0 aliphatic rings. The molecule has 3 nitrogen and oxygen atoms in total. The van der Waals surface area contributed by atoms with Crippen LogP contribution in [0.25, 0.3) is 32.8 Å². The molecule has 0 bridgehead atoms. The van der Waals surface area contributed by atoms with Gasteiger partial charge >= 0.3 is 0 Å². The number of H-pyrrole nitrogens is 1. The number of aromatic nitrogens is 2. The van der Waals surface area contributed by atoms with Crippen LogP contribution >= 0.6 is 0 Å². The third-order valence-corrected chi connectivity index (χ3v) is 3.86. The molecule has 21 heavy (non-hydrogen) atoms. The second kappa shape index (κ2) is 4.72. The van der Waals surface area contributed by atoms with Gasteiger partial charge in [0.25, 0.3) is 0 Å². The maximum atomic E-state index is 9.49. The van der Waals surface area contributed by atoms with E-state index in [9.17, 15) is 5.11 Å². The quantitative estimate of drug-likeness (QED) is 0.583. The molecular weight excluding hydrogens is 260 g/mol. The third kappa shape index (κ3) is 1.99. The molecule has 0 aliphatic heterocycles. The van der Waals surface area contributed by atoms with E-state index in [0.717, 1.165) is 33.0 Å². The van der Waals surface area contributed by atoms with Crippen LogP contribution in [0.2, 0.25) is 0 Å². The van der Waals surface area contributed by atoms with Crippen LogP contribution in [0.5, 0.6) is 0 Å². The Balaban J connectivity index is 2.03. The highest BCUT2D eigenvalue weighted by atomic mass is 16.3. The summed E-state index contributed by atoms with van der Waals surface area (Å²) in [5, 5.41) is 20.0. The Labute approximate surface area is 121 Å². The Morgan fingerprint density at radius 1 is 0.952 bits per heavy atom. The maximum absolute atomic E-state index is 9.49. The first-order valence-corrected chi connectivity index (χ1v) is 6.91. The molecule has 0 fully saturated rings. The van der Waals surface area contributed by atoms with Crippen LogP contribution in [0.3, 0.4) is 0 Å². The number of hydrogen-bond donors (Lipinski definition) is 2. The third-order valence-electron chi connectivity index (χ3n) is 3.86. The number of rotatable bonds is 2. The Hall–Kier alpha value is -2.65. The smallest absolute Gasteiger partial charge is 0.0682 e. The van der Waals surface area contributed by atoms with E-state index in [4.69, 9.17) is 0 Å². The van der Waals surface area contributed by atoms with Crippen molar-refractivity contribution in [1.29, 1.82) is 0 Å². The number of benzene rings is 3. The van der Waals surface area contributed by atoms with Crippen molar-refractivity contribution in [1.82, 2.24) is 10.2 Å². The van der Waals surface area contributed by atoms with Crippen LogP contribution in [0.1, 0.15) is 5.56 Å². The fourth-order valence-electron chi connectivity index (χ4n) is 2.81. The van der Waals surface area contributed by atoms with Crippen molar-refractivity contribution in [2.24, 2.45) is 0 Å². The molecule has 4 aromatic rings. The second-order valence-corrected chi connectivity index (χ2v) is 5.19. The normalized spacial score (nSPS) is 11.3. The average molecular weight is 274 g/mol. The Kier molecular flexibility index (Phi) is 2.72. The number of aromatic amines is 1. The van der Waals surface area contributed by atoms with E-state index < -0.39 is 0 Å². The van der Waals surface area contributed by atoms with Crippen LogP contribution in [0.15, 0.2) is 60.8 Å². The summed E-state index contributed by atoms with van der Waals surface area (Å²) in [6.45, 7) is 0.0474. The number of aliphatic hydroxyl groups excluding tert-OH is 1. The van der Waals surface area contributed by atoms with Crippen molar-refractivity contribution in [2.75, 3.05) is 0 Å². The van der Waals surface area contributed by atoms with E-state index in [1.165, 1.54) is 5.39 Å². The zero-order valence-electron chi connectivity index (χ0n) is 11.4. The molecule has 1 heterocycles. The van der Waals surface area contributed by atoms with Gasteiger partial charge in [-0.05, 0) is 51.7 Å². The Bertz CT molecular complexity index is 940. The predicted molar refractivity (Wildman–Crippen MR) is 85.0 cm³/mol. The van der Waals surface area contributed by atoms with E-state index in [1.54, 1.807) is 0 Å². The van der Waals surface area contributed by atoms with Gasteiger partial charge in [0.15, 0.2) is 0 Å². The summed E-state index contributed by atoms with van der Waals surface area (Å²) in [5.41, 5.74) is 4.23. The van der Waals surface area contributed by atoms with E-state index in [-0.39, 0.29) is 6.61 Å². The van der Waals surface area contributed by atoms with Crippen molar-refractivity contribution in [3.05, 3.63) is 66.4 Å². The number of hydrogen-bond acceptors (Lipinski definition) is 2. The van der Waals surface area contributed by atoms with Gasteiger partial charge in [-0.1, -0.05) is 30.3 Å². The fourth-order valence-corrected chi connectivity index (χ4v) is 2.81. The lowest BCUT2D eigenvalue weighted by atomic mass is 9.95. The fraction of sp³-hybridized carbons (Fsp3) is 0.0556. The van der Waals surface area contributed by atoms with Gasteiger partial charge in [-0.3, -0.25) is 5.10 Å². The first-order valence-electron chi connectivity index (χ1n) is 6.91. The highest BCUT2D eigenvalue weighted by Gasteiger charge is 2.07. The van der Waals surface area contributed by atoms with E-state index in [1.807, 2.05) is 30.5 Å². The first-order chi connectivity index (χ1) is 10.3. The topological polar surface area (TPSA) is 48.9 Å². The minimum atomic E-state index is 0.0474. The predicted octanol–water partition coefficient (Wildman–Crippen LogP) is 3.88. The molecule has 1 aromatic heterocycles. The second-order valence-electron chi connectivity index (χ2n) is 5.19. The zero-order valence-corrected chi connectivity index (χ0v) is 11.4. The standard InChI is InChI=1S/C18H14N2O/c21-11-12-7-13-3-1-2-4-16(13)17(8-12)14-5-6-18-15(9-14)10-19-20-18/h1-10,21H,11H2,(H,19,20). The zero-order chi connectivity index (χ0) is 14.2. The molecule has 2 N–H and O–H groups in total. The molecular formula is C18H14N2O. The van der Waals surface area contributed by atoms with Gasteiger partial charge in [0.2, 0.25) is 0 Å². The van der Waals surface area contributed by atoms with Crippen LogP contribution in [-0.4, -0.2) is 15.3 Å². The van der Waals surface area contributed by atoms with Crippen molar-refractivity contribution >= 4 is 21.7 Å². The van der Waals surface area contributed by atoms with Crippen molar-refractivity contribution in [3.63, 3.8) is 0 Å². The molecule has 0 aliphatic carbocycles. The van der Waals surface area contributed by atoms with Crippen LogP contribution in [0, 0.1) is 0 Å². The Morgan fingerprint density at radius 2 is 1.86 bits per heavy atom. The average Bonchev–Trinajstić information content (AvgIpc) is 3.01. The lowest BCUT2D eigenvalue weighted by Crippen LogP contribution is -1.88. The number of nitrogens with one attached hydrogen (secondary N) is 1. The van der Waals surface area contributed by atoms with Gasteiger partial charge in [-0.25, -0.2) is 0 Å². The molecule has 0 saturated carbocycles. The Morgan fingerprint density at radius 3 is 2.76 bits per heavy atom. The summed E-state index contributed by atoms with van der Waals surface area (Å²) in [6, 6.07) is 18.6. The van der Waals surface area contributed by atoms with Gasteiger partial charge in [0.1, 0.15) is 0 Å². The molecule has 0 radical (unpaired) electrons. The monoisotopic (exact) mass is 274 g/mol. The summed E-state index contributed by atoms with van der Waals surface area (Å²) in [4.78, 5) is 0. The molecule has 3 heteroatoms. The van der Waals surface area contributed by atoms with Crippen LogP contribution < -0.4 is 0 Å². The SMILES string of the molecule is OCc1cc(-c2ccc3[nH]ncc3c2)c2ccccc2c1. The van der Waals surface area contributed by atoms with Gasteiger partial charge in [0, 0.05) is 5.39 Å². The highest BCUT2D eigenvalue weighted by molar-refractivity contribution is 5.99. The molecule has 3 aromatic carbocycles. The molecule has 0 amide bonds. The minimum Gasteiger partial charge on any atom is -0.392 e. The highest BCUT2D eigenvalue weighted by Crippen LogP contribution is 2.31. The summed E-state index contributed by atoms with van der Waals surface area (Å²) in [6.07, 6.45) is 1.83. The number of nitrogens with zero attached hydrogens (tertiary/aromatic N) is 1. The lowest BCUT2D eigenvalue weighted by Gasteiger charge is -2.10. The maximum Gasteiger partial charge on any atom is 0.0682 e. The largest absolute Gasteiger partial charge is 0.392 e. The summed E-state index contributed by atoms with van der Waals surface area (Å²) in [5.74, 6) is 0. The van der Waals surface area contributed by atoms with Crippen molar-refractivity contribution in [3.8, 4) is 11.1 Å². The van der Waals surface area contributed by atoms with Crippen LogP contribution in [0.4, 0.5) is 0 Å². The van der Waals surface area contributed by atoms with Gasteiger partial charge in [-0.2, -0.15) is 5.10 Å². The van der Waals surface area contributed by atoms with Crippen molar-refractivity contribution < 1.29 is 5.11 Å². The molecule has 102 valence electrons. The molecule has 0 saturated heterocycles. The molecule has 0 atom stereocenters. The van der Waals surface area contributed by atoms with Gasteiger partial charge in [-0.15, -0.1) is 0 Å². The summed E-state index contributed by atoms with van der Waals surface area (Å²) < 4.78 is 0. The first kappa shape index (κ1) is 12.1. The summed E-state index contributed by atoms with van der Waals surface area (Å²) in [7, 11) is 0. The van der Waals surface area contributed by atoms with E-state index >= 15 is 0 Å². The minimum absolute atomic E-state index is 0.0474. The lowest BCUT2D eigenvalue weighted by molar-refractivity contribution is 0.282. The van der Waals surface area contributed by atoms with Gasteiger partial charge < -0.3 is 5.11 Å². The van der Waals surface area contributed by atoms with E-state index in [0.29, 0.717) is 0 Å². The number of aliphatic hydroxyl groups is 1. The number of fused-ring (bicyclic) bond motifs is 2.